The summed E-state index contributed by atoms with van der Waals surface area (Å²) in [6, 6.07) is 0. The predicted molar refractivity (Wildman–Crippen MR) is 28.4 cm³/mol. The van der Waals surface area contributed by atoms with Gasteiger partial charge in [0, 0.05) is 12.4 Å². The van der Waals surface area contributed by atoms with Crippen LogP contribution in [0.15, 0.2) is 16.9 Å². The van der Waals surface area contributed by atoms with Crippen molar-refractivity contribution < 1.29 is 4.52 Å². The third-order valence-corrected chi connectivity index (χ3v) is 0.948. The van der Waals surface area contributed by atoms with Crippen molar-refractivity contribution in [1.82, 2.24) is 15.1 Å². The second-order valence-corrected chi connectivity index (χ2v) is 1.50. The molecule has 0 aliphatic carbocycles. The van der Waals surface area contributed by atoms with Gasteiger partial charge in [-0.3, -0.25) is 0 Å². The lowest BCUT2D eigenvalue weighted by molar-refractivity contribution is 0.447. The monoisotopic (exact) mass is 120 g/mol. The maximum Gasteiger partial charge on any atom is 0.277 e. The fourth-order valence-electron chi connectivity index (χ4n) is 0.578. The first kappa shape index (κ1) is 4.43. The van der Waals surface area contributed by atoms with Crippen LogP contribution in [0.3, 0.4) is 0 Å². The first-order chi connectivity index (χ1) is 4.47. The second kappa shape index (κ2) is 1.51. The van der Waals surface area contributed by atoms with Crippen LogP contribution < -0.4 is 0 Å². The van der Waals surface area contributed by atoms with Gasteiger partial charge < -0.3 is 4.52 Å². The van der Waals surface area contributed by atoms with E-state index in [0.717, 1.165) is 0 Å². The zero-order valence-corrected chi connectivity index (χ0v) is 4.40. The van der Waals surface area contributed by atoms with Gasteiger partial charge in [-0.2, -0.15) is 0 Å². The Labute approximate surface area is 50.5 Å². The third kappa shape index (κ3) is 0.561. The number of rotatable bonds is 0. The lowest BCUT2D eigenvalue weighted by Crippen LogP contribution is -1.73. The summed E-state index contributed by atoms with van der Waals surface area (Å²) in [7, 11) is 0. The number of nitrogens with zero attached hydrogens (tertiary/aromatic N) is 3. The van der Waals surface area contributed by atoms with E-state index < -0.39 is 0 Å². The van der Waals surface area contributed by atoms with Crippen molar-refractivity contribution in [2.24, 2.45) is 0 Å². The van der Waals surface area contributed by atoms with Crippen LogP contribution in [0.5, 0.6) is 0 Å². The molecule has 0 saturated heterocycles. The first-order valence-electron chi connectivity index (χ1n) is 2.41. The zero-order chi connectivity index (χ0) is 6.10. The predicted octanol–water partition coefficient (Wildman–Crippen LogP) is 0.418. The van der Waals surface area contributed by atoms with Crippen LogP contribution in [-0.4, -0.2) is 15.1 Å². The largest absolute Gasteiger partial charge is 0.333 e. The molecule has 1 radical (unpaired) electrons. The summed E-state index contributed by atoms with van der Waals surface area (Å²) in [6.07, 6.45) is 5.64. The summed E-state index contributed by atoms with van der Waals surface area (Å²) >= 11 is 0. The van der Waals surface area contributed by atoms with Crippen LogP contribution in [0.25, 0.3) is 11.2 Å². The van der Waals surface area contributed by atoms with Crippen molar-refractivity contribution in [3.8, 4) is 0 Å². The van der Waals surface area contributed by atoms with Gasteiger partial charge in [-0.1, -0.05) is 5.16 Å². The molecule has 2 aromatic rings. The van der Waals surface area contributed by atoms with Crippen LogP contribution in [0.1, 0.15) is 0 Å². The Morgan fingerprint density at radius 1 is 1.33 bits per heavy atom. The molecule has 0 spiro atoms. The SMILES string of the molecule is [c]1noc2nccnc12. The molecule has 0 aliphatic heterocycles. The Morgan fingerprint density at radius 3 is 3.11 bits per heavy atom. The number of hydrogen-bond donors (Lipinski definition) is 0. The Hall–Kier alpha value is -1.45. The van der Waals surface area contributed by atoms with Crippen molar-refractivity contribution in [2.75, 3.05) is 0 Å². The number of hydrogen-bond acceptors (Lipinski definition) is 4. The van der Waals surface area contributed by atoms with Crippen LogP contribution in [0.4, 0.5) is 0 Å². The minimum absolute atomic E-state index is 0.428. The lowest BCUT2D eigenvalue weighted by atomic mass is 10.6. The highest BCUT2D eigenvalue weighted by Crippen LogP contribution is 2.02. The summed E-state index contributed by atoms with van der Waals surface area (Å²) in [5.41, 5.74) is 0.995. The molecule has 43 valence electrons. The average Bonchev–Trinajstić information content (AvgIpc) is 2.33. The Bertz CT molecular complexity index is 286. The topological polar surface area (TPSA) is 51.8 Å². The van der Waals surface area contributed by atoms with Gasteiger partial charge in [0.15, 0.2) is 11.7 Å². The molecule has 4 nitrogen and oxygen atoms in total. The van der Waals surface area contributed by atoms with Crippen LogP contribution in [0.2, 0.25) is 0 Å². The average molecular weight is 120 g/mol. The molecule has 0 unspecified atom stereocenters. The van der Waals surface area contributed by atoms with E-state index in [9.17, 15) is 0 Å². The van der Waals surface area contributed by atoms with Crippen molar-refractivity contribution in [2.45, 2.75) is 0 Å². The molecule has 0 atom stereocenters. The van der Waals surface area contributed by atoms with Gasteiger partial charge in [-0.15, -0.1) is 0 Å². The highest BCUT2D eigenvalue weighted by molar-refractivity contribution is 5.64. The Balaban J connectivity index is 2.95. The summed E-state index contributed by atoms with van der Waals surface area (Å²) in [6.45, 7) is 0. The molecule has 0 N–H and O–H groups in total. The molecule has 0 saturated carbocycles. The van der Waals surface area contributed by atoms with Crippen LogP contribution in [-0.2, 0) is 0 Å². The summed E-state index contributed by atoms with van der Waals surface area (Å²) in [5.74, 6) is 0. The van der Waals surface area contributed by atoms with Gasteiger partial charge in [0.1, 0.15) is 0 Å². The lowest BCUT2D eigenvalue weighted by Gasteiger charge is -1.77. The normalized spacial score (nSPS) is 10.2. The van der Waals surface area contributed by atoms with Gasteiger partial charge in [-0.05, 0) is 0 Å². The third-order valence-electron chi connectivity index (χ3n) is 0.948. The maximum atomic E-state index is 4.64. The minimum atomic E-state index is 0.428. The Kier molecular flexibility index (Phi) is 0.745. The van der Waals surface area contributed by atoms with E-state index in [2.05, 4.69) is 25.8 Å². The summed E-state index contributed by atoms with van der Waals surface area (Å²) in [5, 5.41) is 3.38. The summed E-state index contributed by atoms with van der Waals surface area (Å²) < 4.78 is 4.64. The van der Waals surface area contributed by atoms with Crippen LogP contribution >= 0.6 is 0 Å². The van der Waals surface area contributed by atoms with Gasteiger partial charge in [0.05, 0.1) is 0 Å². The van der Waals surface area contributed by atoms with E-state index in [-0.39, 0.29) is 0 Å². The minimum Gasteiger partial charge on any atom is -0.333 e. The quantitative estimate of drug-likeness (QED) is 0.505. The molecule has 4 heteroatoms. The van der Waals surface area contributed by atoms with E-state index in [1.54, 1.807) is 12.4 Å². The molecule has 0 fully saturated rings. The molecule has 0 bridgehead atoms. The molecule has 2 aromatic heterocycles. The van der Waals surface area contributed by atoms with Gasteiger partial charge in [-0.25, -0.2) is 9.97 Å². The van der Waals surface area contributed by atoms with Crippen LogP contribution in [0, 0.1) is 6.20 Å². The maximum absolute atomic E-state index is 4.64. The highest BCUT2D eigenvalue weighted by atomic mass is 16.5. The molecular formula is C5H2N3O. The van der Waals surface area contributed by atoms with Gasteiger partial charge in [0.25, 0.3) is 5.71 Å². The van der Waals surface area contributed by atoms with E-state index >= 15 is 0 Å². The highest BCUT2D eigenvalue weighted by Gasteiger charge is 1.96. The molecule has 9 heavy (non-hydrogen) atoms. The van der Waals surface area contributed by atoms with Crippen molar-refractivity contribution in [3.63, 3.8) is 0 Å². The van der Waals surface area contributed by atoms with Crippen molar-refractivity contribution in [1.29, 1.82) is 0 Å². The van der Waals surface area contributed by atoms with Crippen molar-refractivity contribution in [3.05, 3.63) is 18.6 Å². The Morgan fingerprint density at radius 2 is 2.22 bits per heavy atom. The molecule has 2 rings (SSSR count). The zero-order valence-electron chi connectivity index (χ0n) is 4.40. The fourth-order valence-corrected chi connectivity index (χ4v) is 0.578. The molecule has 2 heterocycles. The van der Waals surface area contributed by atoms with Crippen molar-refractivity contribution >= 4 is 11.2 Å². The molecule has 0 aromatic carbocycles. The standard InChI is InChI=1S/C5H2N3O/c1-2-7-5-4(6-1)3-8-9-5/h1-2H. The first-order valence-corrected chi connectivity index (χ1v) is 2.41. The smallest absolute Gasteiger partial charge is 0.277 e. The number of aromatic nitrogens is 3. The number of fused-ring (bicyclic) bond motifs is 1. The van der Waals surface area contributed by atoms with E-state index in [0.29, 0.717) is 11.2 Å². The van der Waals surface area contributed by atoms with E-state index in [4.69, 9.17) is 0 Å². The van der Waals surface area contributed by atoms with Gasteiger partial charge in [0.2, 0.25) is 0 Å². The fraction of sp³-hybridized carbons (Fsp3) is 0. The molecule has 0 aliphatic rings. The van der Waals surface area contributed by atoms with E-state index in [1.807, 2.05) is 0 Å². The molecule has 0 amide bonds. The second-order valence-electron chi connectivity index (χ2n) is 1.50. The van der Waals surface area contributed by atoms with Gasteiger partial charge >= 0.3 is 0 Å². The summed E-state index contributed by atoms with van der Waals surface area (Å²) in [4.78, 5) is 7.69. The molecular weight excluding hydrogens is 118 g/mol. The van der Waals surface area contributed by atoms with E-state index in [1.165, 1.54) is 0 Å².